The third-order valence-electron chi connectivity index (χ3n) is 6.07. The lowest BCUT2D eigenvalue weighted by atomic mass is 9.93. The molecule has 0 aliphatic carbocycles. The van der Waals surface area contributed by atoms with Crippen molar-refractivity contribution in [3.63, 3.8) is 0 Å². The van der Waals surface area contributed by atoms with Gasteiger partial charge in [-0.15, -0.1) is 0 Å². The third-order valence-corrected chi connectivity index (χ3v) is 7.18. The fourth-order valence-corrected chi connectivity index (χ4v) is 5.24. The van der Waals surface area contributed by atoms with Gasteiger partial charge in [-0.2, -0.15) is 5.26 Å². The fourth-order valence-electron chi connectivity index (χ4n) is 4.43. The number of nitriles is 1. The maximum atomic E-state index is 13.8. The van der Waals surface area contributed by atoms with E-state index < -0.39 is 21.8 Å². The summed E-state index contributed by atoms with van der Waals surface area (Å²) in [4.78, 5) is 6.78. The number of ether oxygens (including phenoxy) is 2. The van der Waals surface area contributed by atoms with E-state index in [4.69, 9.17) is 14.5 Å². The monoisotopic (exact) mass is 483 g/mol. The van der Waals surface area contributed by atoms with Gasteiger partial charge in [0, 0.05) is 35.9 Å². The summed E-state index contributed by atoms with van der Waals surface area (Å²) in [6.45, 7) is 8.17. The Morgan fingerprint density at radius 1 is 1.21 bits per heavy atom. The molecule has 178 valence electrons. The minimum Gasteiger partial charge on any atom is -0.485 e. The quantitative estimate of drug-likeness (QED) is 0.536. The molecular weight excluding hydrogens is 457 g/mol. The summed E-state index contributed by atoms with van der Waals surface area (Å²) in [5.41, 5.74) is 3.54. The first-order chi connectivity index (χ1) is 16.1. The zero-order chi connectivity index (χ0) is 24.6. The highest BCUT2D eigenvalue weighted by Crippen LogP contribution is 2.37. The molecule has 1 aromatic heterocycles. The van der Waals surface area contributed by atoms with Crippen molar-refractivity contribution in [2.24, 2.45) is 0 Å². The summed E-state index contributed by atoms with van der Waals surface area (Å²) < 4.78 is 49.7. The molecule has 7 nitrogen and oxygen atoms in total. The third kappa shape index (κ3) is 4.43. The second-order valence-corrected chi connectivity index (χ2v) is 10.4. The van der Waals surface area contributed by atoms with E-state index in [9.17, 15) is 18.1 Å². The highest BCUT2D eigenvalue weighted by molar-refractivity contribution is 7.90. The molecule has 0 saturated carbocycles. The Bertz CT molecular complexity index is 1410. The normalized spacial score (nSPS) is 15.2. The number of hydrogen-bond acceptors (Lipinski definition) is 7. The van der Waals surface area contributed by atoms with Crippen LogP contribution >= 0.6 is 0 Å². The van der Waals surface area contributed by atoms with Crippen molar-refractivity contribution in [3.05, 3.63) is 58.4 Å². The molecule has 0 spiro atoms. The molecule has 2 aromatic carbocycles. The van der Waals surface area contributed by atoms with Crippen LogP contribution in [0.15, 0.2) is 35.2 Å². The van der Waals surface area contributed by atoms with Crippen molar-refractivity contribution in [1.82, 2.24) is 4.98 Å². The van der Waals surface area contributed by atoms with Gasteiger partial charge >= 0.3 is 0 Å². The maximum Gasteiger partial charge on any atom is 0.179 e. The van der Waals surface area contributed by atoms with Crippen LogP contribution in [0.2, 0.25) is 0 Å². The van der Waals surface area contributed by atoms with Gasteiger partial charge in [-0.1, -0.05) is 6.07 Å². The number of fused-ring (bicyclic) bond motifs is 1. The number of morpholine rings is 1. The SMILES string of the molecule is Cc1ccc2nc(N3CCOCC3)c(C)c(C#N)c2c1C(C)Oc1ccc(F)cc1S(C)(=O)=O. The van der Waals surface area contributed by atoms with Gasteiger partial charge in [-0.3, -0.25) is 0 Å². The van der Waals surface area contributed by atoms with Crippen LogP contribution in [0.4, 0.5) is 10.2 Å². The predicted octanol–water partition coefficient (Wildman–Crippen LogP) is 4.24. The molecule has 0 bridgehead atoms. The highest BCUT2D eigenvalue weighted by Gasteiger charge is 2.25. The maximum absolute atomic E-state index is 13.8. The van der Waals surface area contributed by atoms with Crippen molar-refractivity contribution in [1.29, 1.82) is 5.26 Å². The highest BCUT2D eigenvalue weighted by atomic mass is 32.2. The lowest BCUT2D eigenvalue weighted by Crippen LogP contribution is -2.37. The van der Waals surface area contributed by atoms with E-state index in [0.717, 1.165) is 40.9 Å². The van der Waals surface area contributed by atoms with Gasteiger partial charge < -0.3 is 14.4 Å². The molecule has 0 N–H and O–H groups in total. The molecule has 0 amide bonds. The van der Waals surface area contributed by atoms with Crippen molar-refractivity contribution in [2.75, 3.05) is 37.5 Å². The van der Waals surface area contributed by atoms with Crippen LogP contribution in [0.1, 0.15) is 35.3 Å². The summed E-state index contributed by atoms with van der Waals surface area (Å²) in [6, 6.07) is 9.56. The van der Waals surface area contributed by atoms with E-state index in [1.807, 2.05) is 26.0 Å². The average molecular weight is 484 g/mol. The molecule has 1 fully saturated rings. The van der Waals surface area contributed by atoms with E-state index >= 15 is 0 Å². The van der Waals surface area contributed by atoms with Gasteiger partial charge in [0.15, 0.2) is 9.84 Å². The van der Waals surface area contributed by atoms with Gasteiger partial charge in [0.25, 0.3) is 0 Å². The Kier molecular flexibility index (Phi) is 6.47. The molecule has 1 atom stereocenters. The van der Waals surface area contributed by atoms with Crippen molar-refractivity contribution < 1.29 is 22.3 Å². The van der Waals surface area contributed by atoms with Crippen LogP contribution in [-0.2, 0) is 14.6 Å². The number of sulfone groups is 1. The smallest absolute Gasteiger partial charge is 0.179 e. The van der Waals surface area contributed by atoms with Crippen molar-refractivity contribution in [3.8, 4) is 11.8 Å². The zero-order valence-electron chi connectivity index (χ0n) is 19.6. The number of benzene rings is 2. The number of anilines is 1. The summed E-state index contributed by atoms with van der Waals surface area (Å²) in [7, 11) is -3.72. The van der Waals surface area contributed by atoms with Crippen LogP contribution < -0.4 is 9.64 Å². The van der Waals surface area contributed by atoms with Crippen molar-refractivity contribution >= 4 is 26.6 Å². The zero-order valence-corrected chi connectivity index (χ0v) is 20.4. The van der Waals surface area contributed by atoms with Crippen molar-refractivity contribution in [2.45, 2.75) is 31.8 Å². The first-order valence-corrected chi connectivity index (χ1v) is 12.8. The average Bonchev–Trinajstić information content (AvgIpc) is 2.79. The molecule has 1 saturated heterocycles. The topological polar surface area (TPSA) is 92.5 Å². The Morgan fingerprint density at radius 3 is 2.56 bits per heavy atom. The molecule has 3 aromatic rings. The van der Waals surface area contributed by atoms with Crippen LogP contribution in [0.25, 0.3) is 10.9 Å². The van der Waals surface area contributed by atoms with E-state index in [2.05, 4.69) is 11.0 Å². The number of halogens is 1. The van der Waals surface area contributed by atoms with Gasteiger partial charge in [-0.05, 0) is 50.6 Å². The molecule has 1 aliphatic heterocycles. The molecule has 4 rings (SSSR count). The van der Waals surface area contributed by atoms with E-state index in [0.29, 0.717) is 42.8 Å². The Labute approximate surface area is 198 Å². The van der Waals surface area contributed by atoms with Crippen LogP contribution in [0.3, 0.4) is 0 Å². The van der Waals surface area contributed by atoms with Gasteiger partial charge in [0.05, 0.1) is 24.3 Å². The summed E-state index contributed by atoms with van der Waals surface area (Å²) in [6.07, 6.45) is 0.383. The molecule has 9 heteroatoms. The Balaban J connectivity index is 1.86. The molecule has 34 heavy (non-hydrogen) atoms. The standard InChI is InChI=1S/C25H26FN3O4S/c1-15-5-7-20-24(19(14-27)16(2)25(28-20)29-9-11-32-12-10-29)23(15)17(3)33-21-8-6-18(26)13-22(21)34(4,30)31/h5-8,13,17H,9-12H2,1-4H3. The number of aryl methyl sites for hydroxylation is 1. The largest absolute Gasteiger partial charge is 0.485 e. The molecule has 2 heterocycles. The number of nitrogens with zero attached hydrogens (tertiary/aromatic N) is 3. The Hall–Kier alpha value is -3.22. The summed E-state index contributed by atoms with van der Waals surface area (Å²) >= 11 is 0. The number of aromatic nitrogens is 1. The minimum absolute atomic E-state index is 0.0564. The second kappa shape index (κ2) is 9.20. The van der Waals surface area contributed by atoms with Crippen LogP contribution in [0, 0.1) is 31.0 Å². The van der Waals surface area contributed by atoms with Gasteiger partial charge in [0.2, 0.25) is 0 Å². The van der Waals surface area contributed by atoms with E-state index in [1.54, 1.807) is 6.92 Å². The minimum atomic E-state index is -3.72. The Morgan fingerprint density at radius 2 is 1.91 bits per heavy atom. The fraction of sp³-hybridized carbons (Fsp3) is 0.360. The number of hydrogen-bond donors (Lipinski definition) is 0. The number of rotatable bonds is 5. The first-order valence-electron chi connectivity index (χ1n) is 10.9. The molecule has 1 aliphatic rings. The second-order valence-electron chi connectivity index (χ2n) is 8.46. The lowest BCUT2D eigenvalue weighted by molar-refractivity contribution is 0.122. The van der Waals surface area contributed by atoms with E-state index in [1.165, 1.54) is 6.07 Å². The molecular formula is C25H26FN3O4S. The van der Waals surface area contributed by atoms with Crippen LogP contribution in [-0.4, -0.2) is 46.0 Å². The summed E-state index contributed by atoms with van der Waals surface area (Å²) in [5, 5.41) is 10.8. The van der Waals surface area contributed by atoms with Crippen LogP contribution in [0.5, 0.6) is 5.75 Å². The van der Waals surface area contributed by atoms with E-state index in [-0.39, 0.29) is 10.6 Å². The predicted molar refractivity (Wildman–Crippen MR) is 128 cm³/mol. The van der Waals surface area contributed by atoms with Gasteiger partial charge in [0.1, 0.15) is 34.5 Å². The number of pyridine rings is 1. The summed E-state index contributed by atoms with van der Waals surface area (Å²) in [5.74, 6) is 0.151. The van der Waals surface area contributed by atoms with Gasteiger partial charge in [-0.25, -0.2) is 17.8 Å². The molecule has 1 unspecified atom stereocenters. The lowest BCUT2D eigenvalue weighted by Gasteiger charge is -2.30. The first kappa shape index (κ1) is 23.9. The molecule has 0 radical (unpaired) electrons.